The summed E-state index contributed by atoms with van der Waals surface area (Å²) in [6.45, 7) is 0. The maximum absolute atomic E-state index is 12.6. The number of benzene rings is 2. The van der Waals surface area contributed by atoms with Crippen molar-refractivity contribution < 1.29 is 24.3 Å². The molecular formula is C23H15Cl2N3O5. The number of carboxylic acids is 1. The Hall–Kier alpha value is -4.01. The molecule has 0 fully saturated rings. The normalized spacial score (nSPS) is 13.5. The van der Waals surface area contributed by atoms with Gasteiger partial charge in [0, 0.05) is 18.0 Å². The van der Waals surface area contributed by atoms with E-state index in [4.69, 9.17) is 34.0 Å². The summed E-state index contributed by atoms with van der Waals surface area (Å²) >= 11 is 11.8. The standard InChI is InChI=1S/C17H9Cl2NO4.C6H6N2O/c18-12-3-1-8(6-13(12)19)5-11-15(21)10-7-9(17(23)24)2-4-14(10)20-16(11)22;7-6(9)5-2-1-3-8-4-5/h1-7H,(H,20,22)(H,23,24);1-4H,(H2,7,9)/b11-5-;. The molecule has 1 aliphatic heterocycles. The van der Waals surface area contributed by atoms with Gasteiger partial charge in [-0.1, -0.05) is 29.3 Å². The molecule has 8 nitrogen and oxygen atoms in total. The van der Waals surface area contributed by atoms with Gasteiger partial charge in [-0.3, -0.25) is 19.4 Å². The molecular weight excluding hydrogens is 469 g/mol. The lowest BCUT2D eigenvalue weighted by atomic mass is 9.94. The first kappa shape index (κ1) is 23.6. The smallest absolute Gasteiger partial charge is 0.335 e. The molecule has 10 heteroatoms. The number of carboxylic acid groups (broad SMARTS) is 1. The van der Waals surface area contributed by atoms with Gasteiger partial charge in [0.15, 0.2) is 0 Å². The molecule has 2 amide bonds. The molecule has 2 heterocycles. The zero-order valence-electron chi connectivity index (χ0n) is 16.7. The highest BCUT2D eigenvalue weighted by molar-refractivity contribution is 6.42. The van der Waals surface area contributed by atoms with Crippen LogP contribution in [0.25, 0.3) is 6.08 Å². The predicted molar refractivity (Wildman–Crippen MR) is 124 cm³/mol. The number of ketones is 1. The molecule has 4 rings (SSSR count). The van der Waals surface area contributed by atoms with Crippen molar-refractivity contribution in [3.8, 4) is 0 Å². The molecule has 0 saturated carbocycles. The summed E-state index contributed by atoms with van der Waals surface area (Å²) in [5, 5.41) is 12.3. The topological polar surface area (TPSA) is 139 Å². The molecule has 0 unspecified atom stereocenters. The number of carbonyl (C=O) groups is 4. The van der Waals surface area contributed by atoms with Crippen LogP contribution in [0.3, 0.4) is 0 Å². The minimum absolute atomic E-state index is 0.0351. The molecule has 2 aromatic carbocycles. The summed E-state index contributed by atoms with van der Waals surface area (Å²) < 4.78 is 0. The van der Waals surface area contributed by atoms with Crippen LogP contribution < -0.4 is 11.1 Å². The summed E-state index contributed by atoms with van der Waals surface area (Å²) in [7, 11) is 0. The van der Waals surface area contributed by atoms with Gasteiger partial charge in [-0.2, -0.15) is 0 Å². The Bertz CT molecular complexity index is 1310. The number of nitrogens with zero attached hydrogens (tertiary/aromatic N) is 1. The van der Waals surface area contributed by atoms with E-state index < -0.39 is 23.6 Å². The monoisotopic (exact) mass is 483 g/mol. The van der Waals surface area contributed by atoms with E-state index in [1.165, 1.54) is 36.5 Å². The predicted octanol–water partition coefficient (Wildman–Crippen LogP) is 4.09. The largest absolute Gasteiger partial charge is 0.478 e. The van der Waals surface area contributed by atoms with Gasteiger partial charge in [-0.25, -0.2) is 4.79 Å². The number of hydrogen-bond donors (Lipinski definition) is 3. The summed E-state index contributed by atoms with van der Waals surface area (Å²) in [6, 6.07) is 11.9. The molecule has 0 radical (unpaired) electrons. The Kier molecular flexibility index (Phi) is 7.22. The maximum Gasteiger partial charge on any atom is 0.335 e. The highest BCUT2D eigenvalue weighted by Crippen LogP contribution is 2.29. The third-order valence-electron chi connectivity index (χ3n) is 4.45. The number of rotatable bonds is 3. The third-order valence-corrected chi connectivity index (χ3v) is 5.19. The van der Waals surface area contributed by atoms with Crippen LogP contribution in [0, 0.1) is 0 Å². The number of hydrogen-bond acceptors (Lipinski definition) is 5. The fourth-order valence-corrected chi connectivity index (χ4v) is 3.13. The van der Waals surface area contributed by atoms with Crippen LogP contribution in [-0.2, 0) is 4.79 Å². The first-order valence-corrected chi connectivity index (χ1v) is 10.0. The van der Waals surface area contributed by atoms with Crippen LogP contribution in [0.1, 0.15) is 36.6 Å². The number of nitrogens with two attached hydrogens (primary N) is 1. The van der Waals surface area contributed by atoms with Crippen LogP contribution in [0.2, 0.25) is 10.0 Å². The Balaban J connectivity index is 0.000000286. The van der Waals surface area contributed by atoms with Crippen LogP contribution in [0.4, 0.5) is 5.69 Å². The summed E-state index contributed by atoms with van der Waals surface area (Å²) in [6.07, 6.45) is 4.41. The zero-order valence-corrected chi connectivity index (χ0v) is 18.2. The quantitative estimate of drug-likeness (QED) is 0.378. The first-order chi connectivity index (χ1) is 15.7. The van der Waals surface area contributed by atoms with E-state index in [2.05, 4.69) is 10.3 Å². The fourth-order valence-electron chi connectivity index (χ4n) is 2.82. The van der Waals surface area contributed by atoms with Gasteiger partial charge in [-0.05, 0) is 54.1 Å². The van der Waals surface area contributed by atoms with Gasteiger partial charge in [0.1, 0.15) is 0 Å². The number of fused-ring (bicyclic) bond motifs is 1. The van der Waals surface area contributed by atoms with Crippen molar-refractivity contribution in [3.05, 3.63) is 98.8 Å². The van der Waals surface area contributed by atoms with E-state index in [-0.39, 0.29) is 22.4 Å². The number of primary amides is 1. The highest BCUT2D eigenvalue weighted by atomic mass is 35.5. The molecule has 3 aromatic rings. The van der Waals surface area contributed by atoms with Crippen LogP contribution in [0.5, 0.6) is 0 Å². The number of nitrogens with one attached hydrogen (secondary N) is 1. The Morgan fingerprint density at radius 2 is 1.76 bits per heavy atom. The summed E-state index contributed by atoms with van der Waals surface area (Å²) in [5.41, 5.74) is 6.17. The molecule has 0 atom stereocenters. The molecule has 4 N–H and O–H groups in total. The van der Waals surface area contributed by atoms with Gasteiger partial charge in [0.05, 0.1) is 32.4 Å². The second-order valence-electron chi connectivity index (χ2n) is 6.69. The summed E-state index contributed by atoms with van der Waals surface area (Å²) in [4.78, 5) is 49.9. The Morgan fingerprint density at radius 1 is 1.00 bits per heavy atom. The highest BCUT2D eigenvalue weighted by Gasteiger charge is 2.29. The number of aromatic carboxylic acids is 1. The van der Waals surface area contributed by atoms with Gasteiger partial charge >= 0.3 is 5.97 Å². The van der Waals surface area contributed by atoms with Crippen LogP contribution >= 0.6 is 23.2 Å². The maximum atomic E-state index is 12.6. The molecule has 33 heavy (non-hydrogen) atoms. The lowest BCUT2D eigenvalue weighted by Gasteiger charge is -2.18. The second kappa shape index (κ2) is 10.1. The molecule has 1 aromatic heterocycles. The number of pyridine rings is 1. The number of carbonyl (C=O) groups excluding carboxylic acids is 3. The average molecular weight is 484 g/mol. The van der Waals surface area contributed by atoms with Gasteiger partial charge < -0.3 is 16.2 Å². The van der Waals surface area contributed by atoms with Gasteiger partial charge in [-0.15, -0.1) is 0 Å². The van der Waals surface area contributed by atoms with Crippen molar-refractivity contribution in [2.24, 2.45) is 5.73 Å². The van der Waals surface area contributed by atoms with E-state index in [1.54, 1.807) is 30.5 Å². The molecule has 166 valence electrons. The number of halogens is 2. The van der Waals surface area contributed by atoms with E-state index >= 15 is 0 Å². The number of aromatic nitrogens is 1. The van der Waals surface area contributed by atoms with E-state index in [0.717, 1.165) is 0 Å². The van der Waals surface area contributed by atoms with E-state index in [9.17, 15) is 19.2 Å². The molecule has 0 bridgehead atoms. The second-order valence-corrected chi connectivity index (χ2v) is 7.50. The lowest BCUT2D eigenvalue weighted by Crippen LogP contribution is -2.27. The number of amides is 2. The van der Waals surface area contributed by atoms with E-state index in [1.807, 2.05) is 0 Å². The minimum Gasteiger partial charge on any atom is -0.478 e. The van der Waals surface area contributed by atoms with E-state index in [0.29, 0.717) is 21.2 Å². The van der Waals surface area contributed by atoms with Gasteiger partial charge in [0.25, 0.3) is 5.91 Å². The molecule has 0 aliphatic carbocycles. The SMILES string of the molecule is NC(=O)c1cccnc1.O=C1Nc2ccc(C(=O)O)cc2C(=O)/C1=C/c1ccc(Cl)c(Cl)c1. The van der Waals surface area contributed by atoms with Crippen molar-refractivity contribution in [3.63, 3.8) is 0 Å². The first-order valence-electron chi connectivity index (χ1n) is 9.27. The lowest BCUT2D eigenvalue weighted by molar-refractivity contribution is -0.112. The fraction of sp³-hybridized carbons (Fsp3) is 0. The summed E-state index contributed by atoms with van der Waals surface area (Å²) in [5.74, 6) is -2.72. The van der Waals surface area contributed by atoms with Gasteiger partial charge in [0.2, 0.25) is 11.7 Å². The minimum atomic E-state index is -1.16. The van der Waals surface area contributed by atoms with Crippen LogP contribution in [0.15, 0.2) is 66.5 Å². The number of Topliss-reactive ketones (excluding diaryl/α,β-unsaturated/α-hetero) is 1. The number of anilines is 1. The van der Waals surface area contributed by atoms with Crippen molar-refractivity contribution in [1.29, 1.82) is 0 Å². The van der Waals surface area contributed by atoms with Crippen LogP contribution in [-0.4, -0.2) is 33.7 Å². The average Bonchev–Trinajstić information content (AvgIpc) is 2.79. The molecule has 0 saturated heterocycles. The molecule has 1 aliphatic rings. The Morgan fingerprint density at radius 3 is 2.33 bits per heavy atom. The van der Waals surface area contributed by atoms with Crippen molar-refractivity contribution in [2.45, 2.75) is 0 Å². The Labute approximate surface area is 197 Å². The third kappa shape index (κ3) is 5.62. The van der Waals surface area contributed by atoms with Crippen molar-refractivity contribution in [2.75, 3.05) is 5.32 Å². The van der Waals surface area contributed by atoms with Crippen molar-refractivity contribution in [1.82, 2.24) is 4.98 Å². The molecule has 0 spiro atoms. The van der Waals surface area contributed by atoms with Crippen molar-refractivity contribution >= 4 is 58.5 Å². The zero-order chi connectivity index (χ0) is 24.1.